The zero-order valence-corrected chi connectivity index (χ0v) is 11.5. The van der Waals surface area contributed by atoms with Gasteiger partial charge in [0.05, 0.1) is 11.7 Å². The molecule has 2 saturated carbocycles. The first kappa shape index (κ1) is 13.2. The molecule has 3 rings (SSSR count). The van der Waals surface area contributed by atoms with Crippen molar-refractivity contribution < 1.29 is 9.90 Å². The number of hydrogen-bond acceptors (Lipinski definition) is 3. The van der Waals surface area contributed by atoms with E-state index in [2.05, 4.69) is 4.98 Å². The molecule has 106 valence electrons. The van der Waals surface area contributed by atoms with E-state index in [1.54, 1.807) is 17.2 Å². The number of hydrogen-bond donors (Lipinski definition) is 2. The van der Waals surface area contributed by atoms with E-state index >= 15 is 0 Å². The molecule has 5 heteroatoms. The molecule has 2 N–H and O–H groups in total. The number of carbonyl (C=O) groups is 1. The summed E-state index contributed by atoms with van der Waals surface area (Å²) in [6, 6.07) is 3.86. The largest absolute Gasteiger partial charge is 0.393 e. The van der Waals surface area contributed by atoms with E-state index in [9.17, 15) is 9.90 Å². The topological polar surface area (TPSA) is 80.1 Å². The number of fused-ring (bicyclic) bond motifs is 1. The minimum Gasteiger partial charge on any atom is -0.393 e. The number of nitriles is 1. The smallest absolute Gasteiger partial charge is 0.270 e. The third-order valence-electron chi connectivity index (χ3n) is 4.88. The van der Waals surface area contributed by atoms with E-state index in [0.717, 1.165) is 25.7 Å². The van der Waals surface area contributed by atoms with Crippen LogP contribution in [0.25, 0.3) is 0 Å². The Morgan fingerprint density at radius 2 is 2.05 bits per heavy atom. The number of carbonyl (C=O) groups excluding carboxylic acids is 1. The third-order valence-corrected chi connectivity index (χ3v) is 4.88. The van der Waals surface area contributed by atoms with Crippen LogP contribution in [0.1, 0.15) is 41.7 Å². The molecule has 0 spiro atoms. The predicted molar refractivity (Wildman–Crippen MR) is 72.8 cm³/mol. The molecule has 4 atom stereocenters. The van der Waals surface area contributed by atoms with Crippen molar-refractivity contribution >= 4 is 5.91 Å². The summed E-state index contributed by atoms with van der Waals surface area (Å²) in [5.41, 5.74) is 0.953. The SMILES string of the molecule is CN(C(=O)c1cc(C#N)c[nH]1)C1C[C@H]2CC(O)C[C@H]2C1. The number of amides is 1. The van der Waals surface area contributed by atoms with Gasteiger partial charge in [-0.05, 0) is 43.6 Å². The first-order valence-corrected chi connectivity index (χ1v) is 7.12. The van der Waals surface area contributed by atoms with Gasteiger partial charge in [-0.1, -0.05) is 0 Å². The van der Waals surface area contributed by atoms with E-state index < -0.39 is 0 Å². The van der Waals surface area contributed by atoms with Crippen LogP contribution in [-0.2, 0) is 0 Å². The first-order valence-electron chi connectivity index (χ1n) is 7.12. The van der Waals surface area contributed by atoms with Crippen molar-refractivity contribution in [1.29, 1.82) is 5.26 Å². The second kappa shape index (κ2) is 4.95. The number of nitrogens with one attached hydrogen (secondary N) is 1. The Labute approximate surface area is 118 Å². The molecule has 0 radical (unpaired) electrons. The van der Waals surface area contributed by atoms with Gasteiger partial charge in [0.1, 0.15) is 11.8 Å². The number of H-pyrrole nitrogens is 1. The van der Waals surface area contributed by atoms with Crippen LogP contribution in [0.5, 0.6) is 0 Å². The Morgan fingerprint density at radius 3 is 2.60 bits per heavy atom. The number of rotatable bonds is 2. The lowest BCUT2D eigenvalue weighted by Crippen LogP contribution is -2.36. The van der Waals surface area contributed by atoms with Gasteiger partial charge in [-0.15, -0.1) is 0 Å². The van der Waals surface area contributed by atoms with Crippen molar-refractivity contribution in [3.05, 3.63) is 23.5 Å². The maximum atomic E-state index is 12.4. The monoisotopic (exact) mass is 273 g/mol. The molecule has 0 aromatic carbocycles. The minimum absolute atomic E-state index is 0.0583. The van der Waals surface area contributed by atoms with Crippen molar-refractivity contribution in [2.24, 2.45) is 11.8 Å². The van der Waals surface area contributed by atoms with Crippen molar-refractivity contribution in [1.82, 2.24) is 9.88 Å². The molecule has 0 saturated heterocycles. The van der Waals surface area contributed by atoms with E-state index in [-0.39, 0.29) is 18.1 Å². The Balaban J connectivity index is 1.66. The van der Waals surface area contributed by atoms with Crippen LogP contribution >= 0.6 is 0 Å². The molecule has 0 aliphatic heterocycles. The molecule has 5 nitrogen and oxygen atoms in total. The molecule has 2 aliphatic carbocycles. The van der Waals surface area contributed by atoms with Crippen LogP contribution < -0.4 is 0 Å². The van der Waals surface area contributed by atoms with Crippen LogP contribution in [0, 0.1) is 23.2 Å². The molecular weight excluding hydrogens is 254 g/mol. The van der Waals surface area contributed by atoms with Crippen LogP contribution in [0.15, 0.2) is 12.3 Å². The summed E-state index contributed by atoms with van der Waals surface area (Å²) in [7, 11) is 1.83. The zero-order valence-electron chi connectivity index (χ0n) is 11.5. The molecule has 1 aromatic heterocycles. The Morgan fingerprint density at radius 1 is 1.40 bits per heavy atom. The van der Waals surface area contributed by atoms with Crippen LogP contribution in [-0.4, -0.2) is 40.1 Å². The number of aromatic amines is 1. The zero-order chi connectivity index (χ0) is 14.3. The highest BCUT2D eigenvalue weighted by Gasteiger charge is 2.43. The lowest BCUT2D eigenvalue weighted by molar-refractivity contribution is 0.0717. The van der Waals surface area contributed by atoms with Crippen LogP contribution in [0.3, 0.4) is 0 Å². The summed E-state index contributed by atoms with van der Waals surface area (Å²) in [5.74, 6) is 1.06. The highest BCUT2D eigenvalue weighted by Crippen LogP contribution is 2.45. The molecule has 0 bridgehead atoms. The van der Waals surface area contributed by atoms with Crippen molar-refractivity contribution in [3.63, 3.8) is 0 Å². The van der Waals surface area contributed by atoms with Gasteiger partial charge in [0.2, 0.25) is 0 Å². The molecule has 20 heavy (non-hydrogen) atoms. The molecule has 1 aromatic rings. The second-order valence-corrected chi connectivity index (χ2v) is 6.10. The van der Waals surface area contributed by atoms with Gasteiger partial charge in [-0.2, -0.15) is 5.26 Å². The van der Waals surface area contributed by atoms with Gasteiger partial charge >= 0.3 is 0 Å². The number of nitrogens with zero attached hydrogens (tertiary/aromatic N) is 2. The van der Waals surface area contributed by atoms with E-state index in [1.807, 2.05) is 13.1 Å². The average molecular weight is 273 g/mol. The van der Waals surface area contributed by atoms with Crippen molar-refractivity contribution in [2.75, 3.05) is 7.05 Å². The Kier molecular flexibility index (Phi) is 3.27. The van der Waals surface area contributed by atoms with Crippen molar-refractivity contribution in [3.8, 4) is 6.07 Å². The average Bonchev–Trinajstić information content (AvgIpc) is 3.10. The highest BCUT2D eigenvalue weighted by atomic mass is 16.3. The molecule has 2 aliphatic rings. The molecule has 2 unspecified atom stereocenters. The standard InChI is InChI=1S/C15H19N3O2/c1-18(15(20)14-2-9(7-16)8-17-14)12-3-10-5-13(19)6-11(10)4-12/h2,8,10-13,17,19H,3-6H2,1H3/t10-,11+,12?,13?. The van der Waals surface area contributed by atoms with Gasteiger partial charge < -0.3 is 15.0 Å². The summed E-state index contributed by atoms with van der Waals surface area (Å²) >= 11 is 0. The Hall–Kier alpha value is -1.80. The fraction of sp³-hybridized carbons (Fsp3) is 0.600. The minimum atomic E-state index is -0.145. The van der Waals surface area contributed by atoms with Gasteiger partial charge in [0.15, 0.2) is 0 Å². The number of aliphatic hydroxyl groups excluding tert-OH is 1. The van der Waals surface area contributed by atoms with Crippen LogP contribution in [0.4, 0.5) is 0 Å². The normalized spacial score (nSPS) is 31.9. The lowest BCUT2D eigenvalue weighted by Gasteiger charge is -2.25. The Bertz CT molecular complexity index is 546. The predicted octanol–water partition coefficient (Wildman–Crippen LogP) is 1.51. The van der Waals surface area contributed by atoms with E-state index in [1.165, 1.54) is 0 Å². The lowest BCUT2D eigenvalue weighted by atomic mass is 10.0. The summed E-state index contributed by atoms with van der Waals surface area (Å²) in [6.45, 7) is 0. The molecule has 1 heterocycles. The van der Waals surface area contributed by atoms with E-state index in [0.29, 0.717) is 23.1 Å². The second-order valence-electron chi connectivity index (χ2n) is 6.10. The van der Waals surface area contributed by atoms with Gasteiger partial charge in [-0.3, -0.25) is 4.79 Å². The molecule has 2 fully saturated rings. The number of aromatic nitrogens is 1. The third kappa shape index (κ3) is 2.20. The number of aliphatic hydroxyl groups is 1. The van der Waals surface area contributed by atoms with Gasteiger partial charge in [0, 0.05) is 19.3 Å². The fourth-order valence-corrected chi connectivity index (χ4v) is 3.81. The quantitative estimate of drug-likeness (QED) is 0.857. The van der Waals surface area contributed by atoms with Gasteiger partial charge in [0.25, 0.3) is 5.91 Å². The summed E-state index contributed by atoms with van der Waals surface area (Å²) in [6.07, 6.45) is 5.13. The first-order chi connectivity index (χ1) is 9.58. The summed E-state index contributed by atoms with van der Waals surface area (Å²) < 4.78 is 0. The summed E-state index contributed by atoms with van der Waals surface area (Å²) in [5, 5.41) is 18.5. The molecule has 1 amide bonds. The van der Waals surface area contributed by atoms with Gasteiger partial charge in [-0.25, -0.2) is 0 Å². The fourth-order valence-electron chi connectivity index (χ4n) is 3.81. The maximum Gasteiger partial charge on any atom is 0.270 e. The highest BCUT2D eigenvalue weighted by molar-refractivity contribution is 5.92. The van der Waals surface area contributed by atoms with E-state index in [4.69, 9.17) is 5.26 Å². The summed E-state index contributed by atoms with van der Waals surface area (Å²) in [4.78, 5) is 17.0. The maximum absolute atomic E-state index is 12.4. The van der Waals surface area contributed by atoms with Crippen molar-refractivity contribution in [2.45, 2.75) is 37.8 Å². The molecular formula is C15H19N3O2. The van der Waals surface area contributed by atoms with Crippen LogP contribution in [0.2, 0.25) is 0 Å².